The van der Waals surface area contributed by atoms with Gasteiger partial charge in [-0.15, -0.1) is 0 Å². The molecule has 0 aromatic carbocycles. The van der Waals surface area contributed by atoms with Crippen LogP contribution in [0, 0.1) is 0 Å². The highest BCUT2D eigenvalue weighted by molar-refractivity contribution is 8.07. The standard InChI is InChI=1S/C3H6Cl2NO3P/c1-2-9-3(7)6-10(4,5)8/h2H2,1H3,(H,6,7,8). The first-order chi connectivity index (χ1) is 4.45. The zero-order chi connectivity index (χ0) is 8.20. The van der Waals surface area contributed by atoms with Crippen molar-refractivity contribution in [2.24, 2.45) is 0 Å². The van der Waals surface area contributed by atoms with Crippen molar-refractivity contribution in [1.82, 2.24) is 5.09 Å². The van der Waals surface area contributed by atoms with E-state index < -0.39 is 12.1 Å². The van der Waals surface area contributed by atoms with Crippen molar-refractivity contribution in [3.63, 3.8) is 0 Å². The molecule has 0 bridgehead atoms. The van der Waals surface area contributed by atoms with E-state index in [0.29, 0.717) is 0 Å². The Hall–Kier alpha value is 0.0800. The number of rotatable bonds is 2. The predicted molar refractivity (Wildman–Crippen MR) is 39.5 cm³/mol. The maximum atomic E-state index is 10.4. The van der Waals surface area contributed by atoms with Gasteiger partial charge in [0, 0.05) is 0 Å². The molecule has 0 aliphatic heterocycles. The zero-order valence-corrected chi connectivity index (χ0v) is 7.54. The van der Waals surface area contributed by atoms with Crippen molar-refractivity contribution in [2.75, 3.05) is 6.61 Å². The van der Waals surface area contributed by atoms with Crippen LogP contribution in [-0.4, -0.2) is 12.7 Å². The second-order valence-electron chi connectivity index (χ2n) is 1.29. The molecular formula is C3H6Cl2NO3P. The number of hydrogen-bond donors (Lipinski definition) is 1. The van der Waals surface area contributed by atoms with Gasteiger partial charge in [-0.2, -0.15) is 0 Å². The van der Waals surface area contributed by atoms with E-state index in [0.717, 1.165) is 0 Å². The molecule has 0 saturated heterocycles. The van der Waals surface area contributed by atoms with Crippen molar-refractivity contribution in [2.45, 2.75) is 6.92 Å². The van der Waals surface area contributed by atoms with Crippen molar-refractivity contribution in [1.29, 1.82) is 0 Å². The molecule has 0 atom stereocenters. The van der Waals surface area contributed by atoms with Crippen molar-refractivity contribution in [3.05, 3.63) is 0 Å². The number of halogens is 2. The molecule has 0 spiro atoms. The minimum Gasteiger partial charge on any atom is -0.450 e. The summed E-state index contributed by atoms with van der Waals surface area (Å²) in [6, 6.07) is 0. The number of nitrogens with one attached hydrogen (secondary N) is 1. The van der Waals surface area contributed by atoms with Crippen LogP contribution in [0.3, 0.4) is 0 Å². The molecule has 0 aliphatic rings. The van der Waals surface area contributed by atoms with Gasteiger partial charge in [-0.05, 0) is 29.4 Å². The monoisotopic (exact) mass is 205 g/mol. The Morgan fingerprint density at radius 1 is 1.70 bits per heavy atom. The Balaban J connectivity index is 3.70. The van der Waals surface area contributed by atoms with E-state index >= 15 is 0 Å². The highest BCUT2D eigenvalue weighted by atomic mass is 35.9. The second kappa shape index (κ2) is 4.06. The number of hydrogen-bond acceptors (Lipinski definition) is 3. The van der Waals surface area contributed by atoms with Crippen molar-refractivity contribution >= 4 is 34.6 Å². The fourth-order valence-corrected chi connectivity index (χ4v) is 0.961. The highest BCUT2D eigenvalue weighted by Crippen LogP contribution is 2.52. The van der Waals surface area contributed by atoms with Crippen LogP contribution in [0.1, 0.15) is 6.92 Å². The van der Waals surface area contributed by atoms with Gasteiger partial charge in [0.1, 0.15) is 0 Å². The van der Waals surface area contributed by atoms with Gasteiger partial charge in [0.2, 0.25) is 0 Å². The fraction of sp³-hybridized carbons (Fsp3) is 0.667. The van der Waals surface area contributed by atoms with E-state index in [9.17, 15) is 9.36 Å². The molecule has 60 valence electrons. The van der Waals surface area contributed by atoms with Crippen LogP contribution in [0.15, 0.2) is 0 Å². The average molecular weight is 206 g/mol. The third-order valence-corrected chi connectivity index (χ3v) is 1.45. The van der Waals surface area contributed by atoms with E-state index in [1.807, 2.05) is 0 Å². The summed E-state index contributed by atoms with van der Waals surface area (Å²) in [4.78, 5) is 10.4. The number of carbonyl (C=O) groups is 1. The maximum Gasteiger partial charge on any atom is 0.414 e. The van der Waals surface area contributed by atoms with E-state index in [1.54, 1.807) is 12.0 Å². The quantitative estimate of drug-likeness (QED) is 0.705. The van der Waals surface area contributed by atoms with Crippen LogP contribution in [0.25, 0.3) is 0 Å². The second-order valence-corrected chi connectivity index (χ2v) is 5.82. The lowest BCUT2D eigenvalue weighted by atomic mass is 10.9. The summed E-state index contributed by atoms with van der Waals surface area (Å²) >= 11 is 9.95. The first kappa shape index (κ1) is 10.1. The molecular weight excluding hydrogens is 200 g/mol. The van der Waals surface area contributed by atoms with Gasteiger partial charge in [0.05, 0.1) is 6.61 Å². The SMILES string of the molecule is CCOC(=O)NP(=O)(Cl)Cl. The van der Waals surface area contributed by atoms with Gasteiger partial charge in [0.25, 0.3) is 0 Å². The van der Waals surface area contributed by atoms with Gasteiger partial charge < -0.3 is 4.74 Å². The molecule has 0 heterocycles. The lowest BCUT2D eigenvalue weighted by molar-refractivity contribution is 0.159. The molecule has 0 saturated carbocycles. The largest absolute Gasteiger partial charge is 0.450 e. The van der Waals surface area contributed by atoms with Gasteiger partial charge in [-0.1, -0.05) is 0 Å². The van der Waals surface area contributed by atoms with Crippen LogP contribution >= 0.6 is 28.5 Å². The number of amides is 1. The Labute approximate surface area is 67.8 Å². The third-order valence-electron chi connectivity index (χ3n) is 0.497. The van der Waals surface area contributed by atoms with Gasteiger partial charge in [-0.25, -0.2) is 9.88 Å². The van der Waals surface area contributed by atoms with Crippen LogP contribution in [-0.2, 0) is 9.30 Å². The maximum absolute atomic E-state index is 10.4. The molecule has 0 radical (unpaired) electrons. The summed E-state index contributed by atoms with van der Waals surface area (Å²) in [6.07, 6.45) is -0.879. The van der Waals surface area contributed by atoms with E-state index in [4.69, 9.17) is 22.5 Å². The molecule has 0 aromatic rings. The van der Waals surface area contributed by atoms with Gasteiger partial charge in [-0.3, -0.25) is 4.57 Å². The Kier molecular flexibility index (Phi) is 4.09. The Morgan fingerprint density at radius 3 is 2.50 bits per heavy atom. The fourth-order valence-electron chi connectivity index (χ4n) is 0.270. The molecule has 1 amide bonds. The van der Waals surface area contributed by atoms with Crippen LogP contribution < -0.4 is 5.09 Å². The topological polar surface area (TPSA) is 55.4 Å². The van der Waals surface area contributed by atoms with E-state index in [-0.39, 0.29) is 6.61 Å². The number of carbonyl (C=O) groups excluding carboxylic acids is 1. The van der Waals surface area contributed by atoms with Crippen molar-refractivity contribution in [3.8, 4) is 0 Å². The molecule has 0 fully saturated rings. The van der Waals surface area contributed by atoms with Crippen LogP contribution in [0.5, 0.6) is 0 Å². The lowest BCUT2D eigenvalue weighted by Gasteiger charge is -2.03. The zero-order valence-electron chi connectivity index (χ0n) is 5.13. The molecule has 10 heavy (non-hydrogen) atoms. The summed E-state index contributed by atoms with van der Waals surface area (Å²) in [5.74, 6) is -3.53. The summed E-state index contributed by atoms with van der Waals surface area (Å²) < 4.78 is 14.7. The molecule has 7 heteroatoms. The third kappa shape index (κ3) is 6.20. The Bertz CT molecular complexity index is 167. The summed E-state index contributed by atoms with van der Waals surface area (Å²) in [5, 5.41) is 1.75. The predicted octanol–water partition coefficient (Wildman–Crippen LogP) is 2.32. The smallest absolute Gasteiger partial charge is 0.414 e. The molecule has 0 aromatic heterocycles. The summed E-state index contributed by atoms with van der Waals surface area (Å²) in [5.41, 5.74) is 0. The Morgan fingerprint density at radius 2 is 2.20 bits per heavy atom. The normalized spacial score (nSPS) is 10.7. The minimum absolute atomic E-state index is 0.180. The minimum atomic E-state index is -3.53. The molecule has 0 unspecified atom stereocenters. The first-order valence-corrected chi connectivity index (χ1v) is 5.92. The van der Waals surface area contributed by atoms with Crippen LogP contribution in [0.4, 0.5) is 4.79 Å². The van der Waals surface area contributed by atoms with E-state index in [1.165, 1.54) is 0 Å². The van der Waals surface area contributed by atoms with Gasteiger partial charge >= 0.3 is 12.1 Å². The highest BCUT2D eigenvalue weighted by Gasteiger charge is 2.17. The molecule has 1 N–H and O–H groups in total. The molecule has 0 aliphatic carbocycles. The van der Waals surface area contributed by atoms with Crippen molar-refractivity contribution < 1.29 is 14.1 Å². The van der Waals surface area contributed by atoms with Crippen LogP contribution in [0.2, 0.25) is 0 Å². The summed E-state index contributed by atoms with van der Waals surface area (Å²) in [6.45, 7) is 1.78. The molecule has 4 nitrogen and oxygen atoms in total. The van der Waals surface area contributed by atoms with Gasteiger partial charge in [0.15, 0.2) is 0 Å². The average Bonchev–Trinajstić information content (AvgIpc) is 1.59. The first-order valence-electron chi connectivity index (χ1n) is 2.40. The summed E-state index contributed by atoms with van der Waals surface area (Å²) in [7, 11) is 0. The lowest BCUT2D eigenvalue weighted by Crippen LogP contribution is -2.17. The number of ether oxygens (including phenoxy) is 1. The molecule has 0 rings (SSSR count). The van der Waals surface area contributed by atoms with E-state index in [2.05, 4.69) is 4.74 Å².